The Bertz CT molecular complexity index is 1020. The van der Waals surface area contributed by atoms with Crippen LogP contribution in [0.4, 0.5) is 0 Å². The molecular formula is C21H25N3O3. The van der Waals surface area contributed by atoms with Gasteiger partial charge in [-0.25, -0.2) is 0 Å². The van der Waals surface area contributed by atoms with Crippen molar-refractivity contribution in [2.45, 2.75) is 59.4 Å². The third-order valence-corrected chi connectivity index (χ3v) is 5.59. The summed E-state index contributed by atoms with van der Waals surface area (Å²) < 4.78 is 11.5. The first kappa shape index (κ1) is 17.8. The largest absolute Gasteiger partial charge is 0.450 e. The number of hydrogen-bond donors (Lipinski definition) is 0. The fourth-order valence-corrected chi connectivity index (χ4v) is 3.74. The number of carbonyl (C=O) groups is 1. The van der Waals surface area contributed by atoms with Crippen molar-refractivity contribution in [3.63, 3.8) is 0 Å². The molecule has 1 saturated heterocycles. The Balaban J connectivity index is 1.70. The highest BCUT2D eigenvalue weighted by Crippen LogP contribution is 2.36. The zero-order valence-corrected chi connectivity index (χ0v) is 16.5. The van der Waals surface area contributed by atoms with Crippen LogP contribution in [0.15, 0.2) is 21.1 Å². The van der Waals surface area contributed by atoms with Gasteiger partial charge < -0.3 is 13.8 Å². The van der Waals surface area contributed by atoms with E-state index >= 15 is 0 Å². The maximum Gasteiger partial charge on any atom is 0.290 e. The van der Waals surface area contributed by atoms with E-state index in [4.69, 9.17) is 8.94 Å². The molecule has 27 heavy (non-hydrogen) atoms. The molecular weight excluding hydrogens is 342 g/mol. The molecule has 4 rings (SSSR count). The predicted octanol–water partition coefficient (Wildman–Crippen LogP) is 4.84. The van der Waals surface area contributed by atoms with Crippen LogP contribution >= 0.6 is 0 Å². The number of hydrogen-bond acceptors (Lipinski definition) is 5. The molecule has 0 spiro atoms. The Kier molecular flexibility index (Phi) is 4.29. The second kappa shape index (κ2) is 6.51. The van der Waals surface area contributed by atoms with Crippen LogP contribution in [0, 0.1) is 20.8 Å². The van der Waals surface area contributed by atoms with Gasteiger partial charge in [-0.05, 0) is 44.7 Å². The molecule has 1 aliphatic rings. The Morgan fingerprint density at radius 3 is 2.70 bits per heavy atom. The average Bonchev–Trinajstić information content (AvgIpc) is 3.36. The number of likely N-dealkylation sites (tertiary alicyclic amines) is 1. The van der Waals surface area contributed by atoms with E-state index in [0.29, 0.717) is 24.0 Å². The maximum absolute atomic E-state index is 13.3. The third kappa shape index (κ3) is 2.83. The summed E-state index contributed by atoms with van der Waals surface area (Å²) in [6, 6.07) is 3.91. The highest BCUT2D eigenvalue weighted by atomic mass is 16.5. The van der Waals surface area contributed by atoms with Crippen LogP contribution in [0.2, 0.25) is 0 Å². The molecule has 0 aliphatic carbocycles. The third-order valence-electron chi connectivity index (χ3n) is 5.59. The van der Waals surface area contributed by atoms with Gasteiger partial charge >= 0.3 is 0 Å². The van der Waals surface area contributed by atoms with E-state index in [-0.39, 0.29) is 17.9 Å². The Hall–Kier alpha value is -2.63. The summed E-state index contributed by atoms with van der Waals surface area (Å²) in [5.41, 5.74) is 3.91. The summed E-state index contributed by atoms with van der Waals surface area (Å²) in [6.07, 6.45) is 1.73. The van der Waals surface area contributed by atoms with Gasteiger partial charge in [0.05, 0.1) is 0 Å². The second-order valence-electron chi connectivity index (χ2n) is 7.74. The van der Waals surface area contributed by atoms with Crippen LogP contribution in [0.1, 0.15) is 77.6 Å². The van der Waals surface area contributed by atoms with E-state index in [9.17, 15) is 4.79 Å². The molecule has 0 N–H and O–H groups in total. The molecule has 1 amide bonds. The smallest absolute Gasteiger partial charge is 0.290 e. The highest BCUT2D eigenvalue weighted by Gasteiger charge is 2.37. The number of benzene rings is 1. The van der Waals surface area contributed by atoms with Gasteiger partial charge in [-0.15, -0.1) is 0 Å². The van der Waals surface area contributed by atoms with Crippen molar-refractivity contribution >= 4 is 16.9 Å². The first-order valence-electron chi connectivity index (χ1n) is 9.52. The summed E-state index contributed by atoms with van der Waals surface area (Å²) in [7, 11) is 0. The van der Waals surface area contributed by atoms with Crippen LogP contribution in [0.3, 0.4) is 0 Å². The molecule has 2 aromatic heterocycles. The molecule has 0 bridgehead atoms. The van der Waals surface area contributed by atoms with E-state index in [1.54, 1.807) is 0 Å². The molecule has 3 aromatic rings. The summed E-state index contributed by atoms with van der Waals surface area (Å²) >= 11 is 0. The molecule has 3 heterocycles. The number of nitrogens with zero attached hydrogens (tertiary/aromatic N) is 3. The number of fused-ring (bicyclic) bond motifs is 1. The number of amides is 1. The number of aromatic nitrogens is 2. The van der Waals surface area contributed by atoms with Crippen molar-refractivity contribution in [1.29, 1.82) is 0 Å². The summed E-state index contributed by atoms with van der Waals surface area (Å²) in [6.45, 7) is 10.7. The van der Waals surface area contributed by atoms with E-state index in [1.165, 1.54) is 0 Å². The molecule has 0 saturated carbocycles. The normalized spacial score (nSPS) is 17.4. The Morgan fingerprint density at radius 2 is 2.00 bits per heavy atom. The lowest BCUT2D eigenvalue weighted by Gasteiger charge is -2.21. The van der Waals surface area contributed by atoms with Crippen molar-refractivity contribution in [2.24, 2.45) is 0 Å². The molecule has 1 fully saturated rings. The van der Waals surface area contributed by atoms with Gasteiger partial charge in [-0.2, -0.15) is 4.98 Å². The maximum atomic E-state index is 13.3. The molecule has 142 valence electrons. The standard InChI is InChI=1S/C21H25N3O3/c1-11(2)19-22-20(27-23-19)16-7-6-10-24(16)21(25)18-14(5)15-9-8-12(3)13(4)17(15)26-18/h8-9,11,16H,6-7,10H2,1-5H3/t16-/m0/s1. The first-order valence-corrected chi connectivity index (χ1v) is 9.52. The molecule has 6 nitrogen and oxygen atoms in total. The minimum absolute atomic E-state index is 0.104. The molecule has 1 aromatic carbocycles. The van der Waals surface area contributed by atoms with Crippen LogP contribution < -0.4 is 0 Å². The van der Waals surface area contributed by atoms with Crippen LogP contribution in [-0.2, 0) is 0 Å². The topological polar surface area (TPSA) is 72.4 Å². The van der Waals surface area contributed by atoms with Crippen LogP contribution in [-0.4, -0.2) is 27.5 Å². The number of aryl methyl sites for hydroxylation is 3. The predicted molar refractivity (Wildman–Crippen MR) is 102 cm³/mol. The zero-order chi connectivity index (χ0) is 19.3. The second-order valence-corrected chi connectivity index (χ2v) is 7.74. The lowest BCUT2D eigenvalue weighted by atomic mass is 10.0. The molecule has 0 radical (unpaired) electrons. The van der Waals surface area contributed by atoms with Gasteiger partial charge in [-0.3, -0.25) is 4.79 Å². The molecule has 1 atom stereocenters. The fourth-order valence-electron chi connectivity index (χ4n) is 3.74. The Labute approximate surface area is 158 Å². The van der Waals surface area contributed by atoms with Crippen molar-refractivity contribution in [3.8, 4) is 0 Å². The lowest BCUT2D eigenvalue weighted by molar-refractivity contribution is 0.0679. The number of rotatable bonds is 3. The van der Waals surface area contributed by atoms with Gasteiger partial charge in [0.15, 0.2) is 11.6 Å². The lowest BCUT2D eigenvalue weighted by Crippen LogP contribution is -2.30. The molecule has 0 unspecified atom stereocenters. The van der Waals surface area contributed by atoms with Crippen LogP contribution in [0.25, 0.3) is 11.0 Å². The summed E-state index contributed by atoms with van der Waals surface area (Å²) in [5, 5.41) is 5.05. The van der Waals surface area contributed by atoms with Crippen molar-refractivity contribution in [3.05, 3.63) is 46.3 Å². The van der Waals surface area contributed by atoms with Crippen molar-refractivity contribution in [2.75, 3.05) is 6.54 Å². The number of carbonyl (C=O) groups excluding carboxylic acids is 1. The van der Waals surface area contributed by atoms with Gasteiger partial charge in [0.25, 0.3) is 5.91 Å². The van der Waals surface area contributed by atoms with Crippen molar-refractivity contribution < 1.29 is 13.7 Å². The van der Waals surface area contributed by atoms with Crippen molar-refractivity contribution in [1.82, 2.24) is 15.0 Å². The fraction of sp³-hybridized carbons (Fsp3) is 0.476. The minimum atomic E-state index is -0.187. The van der Waals surface area contributed by atoms with E-state index in [2.05, 4.69) is 16.2 Å². The summed E-state index contributed by atoms with van der Waals surface area (Å²) in [4.78, 5) is 19.6. The zero-order valence-electron chi connectivity index (χ0n) is 16.5. The van der Waals surface area contributed by atoms with Gasteiger partial charge in [-0.1, -0.05) is 31.1 Å². The monoisotopic (exact) mass is 367 g/mol. The van der Waals surface area contributed by atoms with E-state index < -0.39 is 0 Å². The Morgan fingerprint density at radius 1 is 1.22 bits per heavy atom. The quantitative estimate of drug-likeness (QED) is 0.662. The minimum Gasteiger partial charge on any atom is -0.450 e. The van der Waals surface area contributed by atoms with Gasteiger partial charge in [0.2, 0.25) is 5.89 Å². The van der Waals surface area contributed by atoms with E-state index in [1.807, 2.05) is 45.6 Å². The molecule has 6 heteroatoms. The highest BCUT2D eigenvalue weighted by molar-refractivity contribution is 6.00. The first-order chi connectivity index (χ1) is 12.9. The average molecular weight is 367 g/mol. The SMILES string of the molecule is Cc1ccc2c(C)c(C(=O)N3CCC[C@H]3c3nc(C(C)C)no3)oc2c1C. The molecule has 1 aliphatic heterocycles. The number of furan rings is 1. The van der Waals surface area contributed by atoms with Gasteiger partial charge in [0.1, 0.15) is 11.6 Å². The summed E-state index contributed by atoms with van der Waals surface area (Å²) in [5.74, 6) is 1.69. The van der Waals surface area contributed by atoms with Gasteiger partial charge in [0, 0.05) is 23.4 Å². The van der Waals surface area contributed by atoms with Crippen LogP contribution in [0.5, 0.6) is 0 Å². The van der Waals surface area contributed by atoms with E-state index in [0.717, 1.165) is 40.5 Å².